The second-order valence-electron chi connectivity index (χ2n) is 8.45. The van der Waals surface area contributed by atoms with E-state index in [4.69, 9.17) is 25.8 Å². The molecule has 196 valence electrons. The maximum atomic E-state index is 13.3. The van der Waals surface area contributed by atoms with Gasteiger partial charge in [-0.1, -0.05) is 17.7 Å². The predicted molar refractivity (Wildman–Crippen MR) is 139 cm³/mol. The summed E-state index contributed by atoms with van der Waals surface area (Å²) in [6.07, 6.45) is 1.45. The van der Waals surface area contributed by atoms with Crippen LogP contribution in [0, 0.1) is 5.82 Å². The maximum absolute atomic E-state index is 13.3. The third-order valence-corrected chi connectivity index (χ3v) is 7.55. The first kappa shape index (κ1) is 26.7. The van der Waals surface area contributed by atoms with Gasteiger partial charge in [0.15, 0.2) is 11.5 Å². The Labute approximate surface area is 223 Å². The van der Waals surface area contributed by atoms with Gasteiger partial charge >= 0.3 is 0 Å². The van der Waals surface area contributed by atoms with E-state index >= 15 is 0 Å². The van der Waals surface area contributed by atoms with Crippen molar-refractivity contribution in [3.05, 3.63) is 68.4 Å². The minimum Gasteiger partial charge on any atom is -0.493 e. The first-order chi connectivity index (χ1) is 17.9. The number of benzene rings is 2. The highest BCUT2D eigenvalue weighted by molar-refractivity contribution is 7.09. The Morgan fingerprint density at radius 1 is 1.11 bits per heavy atom. The highest BCUT2D eigenvalue weighted by Gasteiger charge is 2.30. The van der Waals surface area contributed by atoms with Crippen LogP contribution >= 0.6 is 22.9 Å². The van der Waals surface area contributed by atoms with Crippen molar-refractivity contribution in [2.75, 3.05) is 34.4 Å². The number of carbonyl (C=O) groups excluding carboxylic acids is 2. The van der Waals surface area contributed by atoms with Gasteiger partial charge in [0.25, 0.3) is 11.8 Å². The summed E-state index contributed by atoms with van der Waals surface area (Å²) in [5.74, 6) is 0.400. The molecule has 11 heteroatoms. The van der Waals surface area contributed by atoms with Gasteiger partial charge in [0.05, 0.1) is 36.9 Å². The molecule has 3 aromatic rings. The summed E-state index contributed by atoms with van der Waals surface area (Å²) in [5.41, 5.74) is 1.44. The fraction of sp³-hybridized carbons (Fsp3) is 0.346. The number of hydrogen-bond acceptors (Lipinski definition) is 7. The average Bonchev–Trinajstić information content (AvgIpc) is 3.42. The summed E-state index contributed by atoms with van der Waals surface area (Å²) >= 11 is 7.24. The number of aromatic nitrogens is 1. The maximum Gasteiger partial charge on any atom is 0.271 e. The Morgan fingerprint density at radius 3 is 2.49 bits per heavy atom. The number of likely N-dealkylation sites (tertiary alicyclic amines) is 1. The summed E-state index contributed by atoms with van der Waals surface area (Å²) in [6.45, 7) is 1.31. The van der Waals surface area contributed by atoms with Crippen LogP contribution in [0.4, 0.5) is 4.39 Å². The molecule has 0 radical (unpaired) electrons. The van der Waals surface area contributed by atoms with E-state index in [1.54, 1.807) is 28.5 Å². The van der Waals surface area contributed by atoms with E-state index in [-0.39, 0.29) is 29.3 Å². The van der Waals surface area contributed by atoms with Gasteiger partial charge in [0.2, 0.25) is 5.75 Å². The first-order valence-corrected chi connectivity index (χ1v) is 12.9. The number of rotatable bonds is 8. The first-order valence-electron chi connectivity index (χ1n) is 11.6. The van der Waals surface area contributed by atoms with Crippen LogP contribution in [-0.4, -0.2) is 56.1 Å². The molecule has 0 aliphatic carbocycles. The normalized spacial score (nSPS) is 13.8. The lowest BCUT2D eigenvalue weighted by Gasteiger charge is -2.31. The molecular formula is C26H27ClFN3O5S. The quantitative estimate of drug-likeness (QED) is 0.431. The van der Waals surface area contributed by atoms with Gasteiger partial charge in [0.1, 0.15) is 11.5 Å². The third kappa shape index (κ3) is 5.80. The van der Waals surface area contributed by atoms with E-state index in [2.05, 4.69) is 10.3 Å². The number of halogens is 2. The lowest BCUT2D eigenvalue weighted by atomic mass is 9.97. The molecule has 1 aromatic heterocycles. The molecule has 2 aromatic carbocycles. The second-order valence-corrected chi connectivity index (χ2v) is 9.75. The topological polar surface area (TPSA) is 90.0 Å². The van der Waals surface area contributed by atoms with E-state index in [1.807, 2.05) is 0 Å². The minimum atomic E-state index is -0.503. The summed E-state index contributed by atoms with van der Waals surface area (Å²) in [4.78, 5) is 32.2. The molecule has 1 aliphatic heterocycles. The molecule has 0 saturated carbocycles. The average molecular weight is 548 g/mol. The number of nitrogens with one attached hydrogen (secondary N) is 1. The SMILES string of the molecule is COc1ccc(C(=O)N2CCC(c3nc(C(=O)NCc4ccc(F)c(Cl)c4)cs3)CC2)c(OC)c1OC. The molecule has 0 unspecified atom stereocenters. The molecule has 1 aliphatic rings. The van der Waals surface area contributed by atoms with Crippen molar-refractivity contribution in [3.63, 3.8) is 0 Å². The van der Waals surface area contributed by atoms with Crippen LogP contribution in [0.15, 0.2) is 35.7 Å². The van der Waals surface area contributed by atoms with Gasteiger partial charge in [0, 0.05) is 30.9 Å². The standard InChI is InChI=1S/C26H27ClFN3O5S/c1-34-21-7-5-17(22(35-2)23(21)36-3)26(33)31-10-8-16(9-11-31)25-30-20(14-37-25)24(32)29-13-15-4-6-19(28)18(27)12-15/h4-7,12,14,16H,8-11,13H2,1-3H3,(H,29,32). The fourth-order valence-corrected chi connectivity index (χ4v) is 5.45. The molecule has 4 rings (SSSR count). The number of piperidine rings is 1. The summed E-state index contributed by atoms with van der Waals surface area (Å²) < 4.78 is 29.5. The number of ether oxygens (including phenoxy) is 3. The molecule has 2 amide bonds. The van der Waals surface area contributed by atoms with Crippen molar-refractivity contribution in [1.82, 2.24) is 15.2 Å². The van der Waals surface area contributed by atoms with Gasteiger partial charge in [-0.3, -0.25) is 9.59 Å². The van der Waals surface area contributed by atoms with E-state index in [0.29, 0.717) is 47.2 Å². The number of hydrogen-bond donors (Lipinski definition) is 1. The van der Waals surface area contributed by atoms with Crippen molar-refractivity contribution in [3.8, 4) is 17.2 Å². The van der Waals surface area contributed by atoms with Crippen molar-refractivity contribution in [2.45, 2.75) is 25.3 Å². The smallest absolute Gasteiger partial charge is 0.271 e. The van der Waals surface area contributed by atoms with Crippen molar-refractivity contribution in [2.24, 2.45) is 0 Å². The predicted octanol–water partition coefficient (Wildman–Crippen LogP) is 4.91. The van der Waals surface area contributed by atoms with Crippen LogP contribution in [-0.2, 0) is 6.54 Å². The number of thiazole rings is 1. The van der Waals surface area contributed by atoms with E-state index in [1.165, 1.54) is 44.8 Å². The van der Waals surface area contributed by atoms with Crippen molar-refractivity contribution < 1.29 is 28.2 Å². The number of nitrogens with zero attached hydrogens (tertiary/aromatic N) is 2. The molecular weight excluding hydrogens is 521 g/mol. The lowest BCUT2D eigenvalue weighted by Crippen LogP contribution is -2.38. The van der Waals surface area contributed by atoms with Crippen LogP contribution in [0.1, 0.15) is 50.2 Å². The molecule has 8 nitrogen and oxygen atoms in total. The molecule has 0 spiro atoms. The van der Waals surface area contributed by atoms with E-state index in [9.17, 15) is 14.0 Å². The van der Waals surface area contributed by atoms with Gasteiger partial charge in [-0.15, -0.1) is 11.3 Å². The monoisotopic (exact) mass is 547 g/mol. The van der Waals surface area contributed by atoms with Crippen molar-refractivity contribution >= 4 is 34.8 Å². The number of methoxy groups -OCH3 is 3. The Bertz CT molecular complexity index is 1290. The Morgan fingerprint density at radius 2 is 1.84 bits per heavy atom. The molecule has 1 fully saturated rings. The summed E-state index contributed by atoms with van der Waals surface area (Å²) in [5, 5.41) is 5.39. The molecule has 0 atom stereocenters. The zero-order chi connectivity index (χ0) is 26.5. The van der Waals surface area contributed by atoms with Crippen LogP contribution in [0.5, 0.6) is 17.2 Å². The lowest BCUT2D eigenvalue weighted by molar-refractivity contribution is 0.0708. The number of carbonyl (C=O) groups is 2. The molecule has 0 bridgehead atoms. The van der Waals surface area contributed by atoms with Gasteiger partial charge in [-0.2, -0.15) is 0 Å². The molecule has 37 heavy (non-hydrogen) atoms. The van der Waals surface area contributed by atoms with Crippen LogP contribution in [0.3, 0.4) is 0 Å². The Hall–Kier alpha value is -3.37. The Balaban J connectivity index is 1.36. The largest absolute Gasteiger partial charge is 0.493 e. The highest BCUT2D eigenvalue weighted by Crippen LogP contribution is 2.41. The van der Waals surface area contributed by atoms with Gasteiger partial charge in [-0.05, 0) is 42.7 Å². The zero-order valence-electron chi connectivity index (χ0n) is 20.7. The van der Waals surface area contributed by atoms with Crippen LogP contribution in [0.2, 0.25) is 5.02 Å². The van der Waals surface area contributed by atoms with Crippen LogP contribution < -0.4 is 19.5 Å². The Kier molecular flexibility index (Phi) is 8.50. The number of amides is 2. The third-order valence-electron chi connectivity index (χ3n) is 6.26. The molecule has 1 saturated heterocycles. The van der Waals surface area contributed by atoms with E-state index in [0.717, 1.165) is 17.8 Å². The van der Waals surface area contributed by atoms with Gasteiger partial charge < -0.3 is 24.4 Å². The fourth-order valence-electron chi connectivity index (χ4n) is 4.27. The van der Waals surface area contributed by atoms with E-state index < -0.39 is 5.82 Å². The van der Waals surface area contributed by atoms with Crippen LogP contribution in [0.25, 0.3) is 0 Å². The molecule has 2 heterocycles. The summed E-state index contributed by atoms with van der Waals surface area (Å²) in [6, 6.07) is 7.69. The second kappa shape index (κ2) is 11.8. The molecule has 1 N–H and O–H groups in total. The zero-order valence-corrected chi connectivity index (χ0v) is 22.2. The van der Waals surface area contributed by atoms with Crippen molar-refractivity contribution in [1.29, 1.82) is 0 Å². The minimum absolute atomic E-state index is 0.0112. The van der Waals surface area contributed by atoms with Gasteiger partial charge in [-0.25, -0.2) is 9.37 Å². The highest BCUT2D eigenvalue weighted by atomic mass is 35.5. The summed E-state index contributed by atoms with van der Waals surface area (Å²) in [7, 11) is 4.52.